The minimum atomic E-state index is -2.81. The molecular formula is C20H14F2N4O2. The topological polar surface area (TPSA) is 73.8 Å². The van der Waals surface area contributed by atoms with Crippen LogP contribution in [0.3, 0.4) is 0 Å². The lowest BCUT2D eigenvalue weighted by molar-refractivity contribution is 0.116. The smallest absolute Gasteiger partial charge is 0.314 e. The summed E-state index contributed by atoms with van der Waals surface area (Å²) >= 11 is 0. The van der Waals surface area contributed by atoms with Crippen LogP contribution in [0, 0.1) is 0 Å². The average Bonchev–Trinajstić information content (AvgIpc) is 3.21. The van der Waals surface area contributed by atoms with E-state index in [0.717, 1.165) is 11.1 Å². The molecule has 0 saturated heterocycles. The zero-order valence-corrected chi connectivity index (χ0v) is 14.5. The summed E-state index contributed by atoms with van der Waals surface area (Å²) in [5, 5.41) is 6.93. The van der Waals surface area contributed by atoms with Crippen LogP contribution in [-0.2, 0) is 6.54 Å². The monoisotopic (exact) mass is 380 g/mol. The van der Waals surface area contributed by atoms with Gasteiger partial charge in [0.1, 0.15) is 0 Å². The van der Waals surface area contributed by atoms with E-state index >= 15 is 0 Å². The molecule has 0 unspecified atom stereocenters. The third-order valence-corrected chi connectivity index (χ3v) is 4.17. The van der Waals surface area contributed by atoms with Gasteiger partial charge in [0.15, 0.2) is 0 Å². The van der Waals surface area contributed by atoms with Crippen molar-refractivity contribution in [2.24, 2.45) is 0 Å². The maximum atomic E-state index is 12.7. The van der Waals surface area contributed by atoms with E-state index in [9.17, 15) is 13.6 Å². The van der Waals surface area contributed by atoms with Crippen molar-refractivity contribution in [2.45, 2.75) is 13.0 Å². The second-order valence-corrected chi connectivity index (χ2v) is 6.05. The molecule has 6 nitrogen and oxygen atoms in total. The van der Waals surface area contributed by atoms with E-state index in [0.29, 0.717) is 17.7 Å². The Morgan fingerprint density at radius 3 is 2.39 bits per heavy atom. The van der Waals surface area contributed by atoms with Crippen LogP contribution in [-0.4, -0.2) is 19.7 Å². The Morgan fingerprint density at radius 2 is 1.71 bits per heavy atom. The number of hydrogen-bond acceptors (Lipinski definition) is 5. The maximum absolute atomic E-state index is 12.7. The minimum absolute atomic E-state index is 0.0201. The Hall–Kier alpha value is -3.68. The molecule has 28 heavy (non-hydrogen) atoms. The van der Waals surface area contributed by atoms with Crippen molar-refractivity contribution in [3.63, 3.8) is 0 Å². The van der Waals surface area contributed by atoms with Crippen LogP contribution in [0.4, 0.5) is 8.78 Å². The lowest BCUT2D eigenvalue weighted by atomic mass is 10.1. The van der Waals surface area contributed by atoms with Gasteiger partial charge in [-0.3, -0.25) is 9.36 Å². The lowest BCUT2D eigenvalue weighted by Crippen LogP contribution is -2.22. The molecule has 4 aromatic rings. The Labute approximate surface area is 158 Å². The zero-order chi connectivity index (χ0) is 19.5. The van der Waals surface area contributed by atoms with Gasteiger partial charge in [0.2, 0.25) is 5.89 Å². The molecule has 0 bridgehead atoms. The van der Waals surface area contributed by atoms with Gasteiger partial charge in [-0.1, -0.05) is 42.5 Å². The molecule has 0 N–H and O–H groups in total. The molecule has 0 atom stereocenters. The molecule has 140 valence electrons. The molecule has 8 heteroatoms. The van der Waals surface area contributed by atoms with Gasteiger partial charge < -0.3 is 4.42 Å². The Kier molecular flexibility index (Phi) is 4.76. The number of nitrogens with zero attached hydrogens (tertiary/aromatic N) is 4. The zero-order valence-electron chi connectivity index (χ0n) is 14.5. The largest absolute Gasteiger partial charge is 0.415 e. The standard InChI is InChI=1S/C20H14F2N4O2/c21-17(22)19-25-24-18(28-19)15-8-6-13(7-9-15)11-26-12-23-10-16(20(26)27)14-4-2-1-3-5-14/h1-10,12,17H,11H2. The highest BCUT2D eigenvalue weighted by molar-refractivity contribution is 5.61. The average molecular weight is 380 g/mol. The summed E-state index contributed by atoms with van der Waals surface area (Å²) in [6.45, 7) is 0.318. The van der Waals surface area contributed by atoms with E-state index in [1.807, 2.05) is 30.3 Å². The van der Waals surface area contributed by atoms with Crippen molar-refractivity contribution in [1.29, 1.82) is 0 Å². The fraction of sp³-hybridized carbons (Fsp3) is 0.100. The molecule has 0 saturated carbocycles. The predicted molar refractivity (Wildman–Crippen MR) is 97.7 cm³/mol. The van der Waals surface area contributed by atoms with Gasteiger partial charge >= 0.3 is 6.43 Å². The molecular weight excluding hydrogens is 366 g/mol. The molecule has 0 aliphatic heterocycles. The molecule has 2 aromatic heterocycles. The number of benzene rings is 2. The maximum Gasteiger partial charge on any atom is 0.314 e. The highest BCUT2D eigenvalue weighted by Crippen LogP contribution is 2.23. The van der Waals surface area contributed by atoms with E-state index in [1.165, 1.54) is 10.9 Å². The molecule has 4 rings (SSSR count). The van der Waals surface area contributed by atoms with Crippen molar-refractivity contribution in [1.82, 2.24) is 19.7 Å². The Bertz CT molecular complexity index is 1140. The van der Waals surface area contributed by atoms with E-state index in [1.54, 1.807) is 30.5 Å². The van der Waals surface area contributed by atoms with Crippen LogP contribution in [0.25, 0.3) is 22.6 Å². The van der Waals surface area contributed by atoms with Crippen molar-refractivity contribution in [3.05, 3.63) is 88.9 Å². The fourth-order valence-corrected chi connectivity index (χ4v) is 2.77. The normalized spacial score (nSPS) is 11.1. The first-order valence-electron chi connectivity index (χ1n) is 8.42. The lowest BCUT2D eigenvalue weighted by Gasteiger charge is -2.08. The first-order chi connectivity index (χ1) is 13.6. The molecule has 0 fully saturated rings. The van der Waals surface area contributed by atoms with Crippen LogP contribution < -0.4 is 5.56 Å². The third kappa shape index (κ3) is 3.57. The van der Waals surface area contributed by atoms with Crippen LogP contribution in [0.15, 0.2) is 76.3 Å². The summed E-state index contributed by atoms with van der Waals surface area (Å²) in [5.41, 5.74) is 2.53. The third-order valence-electron chi connectivity index (χ3n) is 4.17. The Balaban J connectivity index is 1.57. The van der Waals surface area contributed by atoms with E-state index < -0.39 is 12.3 Å². The molecule has 0 spiro atoms. The number of aromatic nitrogens is 4. The second kappa shape index (κ2) is 7.51. The molecule has 0 radical (unpaired) electrons. The first-order valence-corrected chi connectivity index (χ1v) is 8.42. The van der Waals surface area contributed by atoms with Gasteiger partial charge in [-0.2, -0.15) is 8.78 Å². The molecule has 0 amide bonds. The van der Waals surface area contributed by atoms with Crippen molar-refractivity contribution in [2.75, 3.05) is 0 Å². The van der Waals surface area contributed by atoms with Gasteiger partial charge in [-0.05, 0) is 23.3 Å². The van der Waals surface area contributed by atoms with Crippen LogP contribution >= 0.6 is 0 Å². The van der Waals surface area contributed by atoms with Crippen molar-refractivity contribution in [3.8, 4) is 22.6 Å². The van der Waals surface area contributed by atoms with Crippen molar-refractivity contribution >= 4 is 0 Å². The summed E-state index contributed by atoms with van der Waals surface area (Å²) < 4.78 is 31.6. The van der Waals surface area contributed by atoms with Gasteiger partial charge in [0.25, 0.3) is 11.4 Å². The van der Waals surface area contributed by atoms with Crippen LogP contribution in [0.1, 0.15) is 17.9 Å². The SMILES string of the molecule is O=c1c(-c2ccccc2)cncn1Cc1ccc(-c2nnc(C(F)F)o2)cc1. The number of hydrogen-bond donors (Lipinski definition) is 0. The molecule has 0 aliphatic carbocycles. The summed E-state index contributed by atoms with van der Waals surface area (Å²) in [4.78, 5) is 16.9. The summed E-state index contributed by atoms with van der Waals surface area (Å²) in [7, 11) is 0. The van der Waals surface area contributed by atoms with Crippen molar-refractivity contribution < 1.29 is 13.2 Å². The van der Waals surface area contributed by atoms with Gasteiger partial charge in [0, 0.05) is 11.8 Å². The fourth-order valence-electron chi connectivity index (χ4n) is 2.77. The number of halogens is 2. The summed E-state index contributed by atoms with van der Waals surface area (Å²) in [5.74, 6) is -0.693. The van der Waals surface area contributed by atoms with E-state index in [2.05, 4.69) is 15.2 Å². The number of alkyl halides is 2. The molecule has 2 heterocycles. The number of rotatable bonds is 5. The van der Waals surface area contributed by atoms with Crippen LogP contribution in [0.2, 0.25) is 0 Å². The van der Waals surface area contributed by atoms with Gasteiger partial charge in [-0.25, -0.2) is 4.98 Å². The minimum Gasteiger partial charge on any atom is -0.415 e. The summed E-state index contributed by atoms with van der Waals surface area (Å²) in [6.07, 6.45) is 0.222. The van der Waals surface area contributed by atoms with E-state index in [4.69, 9.17) is 4.42 Å². The summed E-state index contributed by atoms with van der Waals surface area (Å²) in [6, 6.07) is 16.2. The highest BCUT2D eigenvalue weighted by Gasteiger charge is 2.17. The van der Waals surface area contributed by atoms with Gasteiger partial charge in [-0.15, -0.1) is 10.2 Å². The van der Waals surface area contributed by atoms with E-state index in [-0.39, 0.29) is 11.4 Å². The Morgan fingerprint density at radius 1 is 0.964 bits per heavy atom. The molecule has 0 aliphatic rings. The predicted octanol–water partition coefficient (Wildman–Crippen LogP) is 3.95. The van der Waals surface area contributed by atoms with Crippen LogP contribution in [0.5, 0.6) is 0 Å². The second-order valence-electron chi connectivity index (χ2n) is 6.05. The quantitative estimate of drug-likeness (QED) is 0.524. The van der Waals surface area contributed by atoms with Gasteiger partial charge in [0.05, 0.1) is 18.4 Å². The first kappa shape index (κ1) is 17.7. The highest BCUT2D eigenvalue weighted by atomic mass is 19.3. The molecule has 2 aromatic carbocycles.